The number of rotatable bonds is 1. The molecule has 6 atom stereocenters. The second-order valence-corrected chi connectivity index (χ2v) is 7.77. The summed E-state index contributed by atoms with van der Waals surface area (Å²) in [6.45, 7) is 9.71. The first-order valence-corrected chi connectivity index (χ1v) is 7.28. The third-order valence-corrected chi connectivity index (χ3v) is 6.94. The molecule has 4 aliphatic rings. The van der Waals surface area contributed by atoms with Crippen LogP contribution in [0, 0.1) is 34.5 Å². The van der Waals surface area contributed by atoms with Gasteiger partial charge >= 0.3 is 0 Å². The van der Waals surface area contributed by atoms with Crippen LogP contribution < -0.4 is 0 Å². The number of hydrogen-bond acceptors (Lipinski definition) is 1. The highest BCUT2D eigenvalue weighted by Crippen LogP contribution is 2.69. The van der Waals surface area contributed by atoms with Crippen molar-refractivity contribution in [2.75, 3.05) is 0 Å². The van der Waals surface area contributed by atoms with Crippen LogP contribution in [0.25, 0.3) is 0 Å². The molecular weight excluding hydrogens is 212 g/mol. The molecule has 90 valence electrons. The number of allylic oxidation sites excluding steroid dienone is 2. The molecule has 0 aromatic carbocycles. The minimum atomic E-state index is 0.381. The van der Waals surface area contributed by atoms with Gasteiger partial charge in [0.15, 0.2) is 0 Å². The standard InChI is InChI=1S/C15H24S/c1-9(2)10-7-12-14(3)5-6-15(12,4)13(16)11(10)8-14/h5-6,9-13,16H,7-8H2,1-4H3/t10-,11+,12+,13-,14-,15-/m0/s1. The van der Waals surface area contributed by atoms with Gasteiger partial charge in [-0.3, -0.25) is 0 Å². The van der Waals surface area contributed by atoms with Crippen LogP contribution in [0.4, 0.5) is 0 Å². The average molecular weight is 236 g/mol. The summed E-state index contributed by atoms with van der Waals surface area (Å²) in [5.74, 6) is 3.42. The van der Waals surface area contributed by atoms with Gasteiger partial charge in [-0.05, 0) is 41.9 Å². The van der Waals surface area contributed by atoms with Gasteiger partial charge in [0.1, 0.15) is 0 Å². The van der Waals surface area contributed by atoms with Crippen molar-refractivity contribution in [3.63, 3.8) is 0 Å². The zero-order valence-corrected chi connectivity index (χ0v) is 11.8. The lowest BCUT2D eigenvalue weighted by Gasteiger charge is -2.61. The Kier molecular flexibility index (Phi) is 2.17. The van der Waals surface area contributed by atoms with E-state index in [1.807, 2.05) is 0 Å². The maximum Gasteiger partial charge on any atom is 0.0139 e. The molecule has 4 bridgehead atoms. The Morgan fingerprint density at radius 1 is 1.25 bits per heavy atom. The van der Waals surface area contributed by atoms with Gasteiger partial charge in [-0.1, -0.05) is 39.8 Å². The molecule has 0 aromatic rings. The lowest BCUT2D eigenvalue weighted by atomic mass is 9.46. The summed E-state index contributed by atoms with van der Waals surface area (Å²) in [5, 5.41) is 0.588. The summed E-state index contributed by atoms with van der Waals surface area (Å²) < 4.78 is 0. The monoisotopic (exact) mass is 236 g/mol. The maximum absolute atomic E-state index is 4.99. The van der Waals surface area contributed by atoms with Crippen LogP contribution in [0.2, 0.25) is 0 Å². The van der Waals surface area contributed by atoms with Gasteiger partial charge in [0, 0.05) is 10.7 Å². The van der Waals surface area contributed by atoms with E-state index in [-0.39, 0.29) is 0 Å². The second-order valence-electron chi connectivity index (χ2n) is 7.21. The summed E-state index contributed by atoms with van der Waals surface area (Å²) in [6, 6.07) is 0. The van der Waals surface area contributed by atoms with E-state index in [1.165, 1.54) is 12.8 Å². The van der Waals surface area contributed by atoms with Crippen LogP contribution in [-0.4, -0.2) is 5.25 Å². The average Bonchev–Trinajstić information content (AvgIpc) is 2.44. The number of fused-ring (bicyclic) bond motifs is 1. The zero-order valence-electron chi connectivity index (χ0n) is 10.9. The molecule has 4 aliphatic carbocycles. The van der Waals surface area contributed by atoms with Crippen molar-refractivity contribution in [3.05, 3.63) is 12.2 Å². The van der Waals surface area contributed by atoms with Crippen LogP contribution in [0.3, 0.4) is 0 Å². The first kappa shape index (κ1) is 11.2. The topological polar surface area (TPSA) is 0 Å². The molecule has 0 aliphatic heterocycles. The van der Waals surface area contributed by atoms with E-state index in [0.29, 0.717) is 16.1 Å². The van der Waals surface area contributed by atoms with Crippen LogP contribution in [0.5, 0.6) is 0 Å². The normalized spacial score (nSPS) is 58.6. The SMILES string of the molecule is CC(C)[C@@H]1C[C@H]2[C@]3(C)C=C[C@@]2(C)C[C@H]1[C@@H]3S. The van der Waals surface area contributed by atoms with E-state index >= 15 is 0 Å². The van der Waals surface area contributed by atoms with Gasteiger partial charge in [0.05, 0.1) is 0 Å². The van der Waals surface area contributed by atoms with Gasteiger partial charge in [-0.2, -0.15) is 12.6 Å². The third-order valence-electron chi connectivity index (χ3n) is 6.00. The van der Waals surface area contributed by atoms with E-state index in [1.54, 1.807) is 0 Å². The van der Waals surface area contributed by atoms with Gasteiger partial charge in [0.25, 0.3) is 0 Å². The highest BCUT2D eigenvalue weighted by Gasteiger charge is 2.63. The summed E-state index contributed by atoms with van der Waals surface area (Å²) in [5.41, 5.74) is 0.871. The predicted octanol–water partition coefficient (Wildman–Crippen LogP) is 4.18. The molecule has 4 rings (SSSR count). The quantitative estimate of drug-likeness (QED) is 0.512. The van der Waals surface area contributed by atoms with Crippen molar-refractivity contribution in [2.45, 2.75) is 45.8 Å². The van der Waals surface area contributed by atoms with E-state index in [9.17, 15) is 0 Å². The third kappa shape index (κ3) is 1.14. The van der Waals surface area contributed by atoms with Crippen molar-refractivity contribution in [1.82, 2.24) is 0 Å². The molecule has 0 saturated heterocycles. The molecule has 0 amide bonds. The molecule has 3 saturated carbocycles. The van der Waals surface area contributed by atoms with Crippen molar-refractivity contribution < 1.29 is 0 Å². The number of hydrogen-bond donors (Lipinski definition) is 1. The lowest BCUT2D eigenvalue weighted by molar-refractivity contribution is -0.0629. The lowest BCUT2D eigenvalue weighted by Crippen LogP contribution is -2.57. The molecule has 0 nitrogen and oxygen atoms in total. The van der Waals surface area contributed by atoms with Crippen LogP contribution >= 0.6 is 12.6 Å². The van der Waals surface area contributed by atoms with Gasteiger partial charge in [-0.25, -0.2) is 0 Å². The maximum atomic E-state index is 4.99. The molecule has 0 unspecified atom stereocenters. The first-order chi connectivity index (χ1) is 7.38. The van der Waals surface area contributed by atoms with E-state index < -0.39 is 0 Å². The van der Waals surface area contributed by atoms with Crippen molar-refractivity contribution in [2.24, 2.45) is 34.5 Å². The first-order valence-electron chi connectivity index (χ1n) is 6.77. The molecule has 0 heterocycles. The van der Waals surface area contributed by atoms with Crippen molar-refractivity contribution in [1.29, 1.82) is 0 Å². The second kappa shape index (κ2) is 3.10. The predicted molar refractivity (Wildman–Crippen MR) is 72.7 cm³/mol. The molecule has 0 N–H and O–H groups in total. The van der Waals surface area contributed by atoms with Gasteiger partial charge in [0.2, 0.25) is 0 Å². The van der Waals surface area contributed by atoms with Crippen LogP contribution in [0.1, 0.15) is 40.5 Å². The molecule has 0 radical (unpaired) electrons. The molecule has 0 aromatic heterocycles. The summed E-state index contributed by atoms with van der Waals surface area (Å²) in [4.78, 5) is 0. The fourth-order valence-electron chi connectivity index (χ4n) is 5.03. The fraction of sp³-hybridized carbons (Fsp3) is 0.867. The minimum absolute atomic E-state index is 0.381. The Bertz CT molecular complexity index is 345. The smallest absolute Gasteiger partial charge is 0.0139 e. The summed E-state index contributed by atoms with van der Waals surface area (Å²) in [6.07, 6.45) is 7.81. The molecule has 3 fully saturated rings. The molecule has 1 heteroatoms. The van der Waals surface area contributed by atoms with Crippen molar-refractivity contribution >= 4 is 12.6 Å². The minimum Gasteiger partial charge on any atom is -0.175 e. The Hall–Kier alpha value is 0.0900. The summed E-state index contributed by atoms with van der Waals surface area (Å²) >= 11 is 4.99. The Balaban J connectivity index is 2.02. The highest BCUT2D eigenvalue weighted by atomic mass is 32.1. The highest BCUT2D eigenvalue weighted by molar-refractivity contribution is 7.81. The Morgan fingerprint density at radius 3 is 2.56 bits per heavy atom. The molecule has 16 heavy (non-hydrogen) atoms. The Labute approximate surface area is 105 Å². The Morgan fingerprint density at radius 2 is 1.94 bits per heavy atom. The molecule has 0 spiro atoms. The fourth-order valence-corrected chi connectivity index (χ4v) is 5.62. The van der Waals surface area contributed by atoms with Crippen LogP contribution in [-0.2, 0) is 0 Å². The van der Waals surface area contributed by atoms with Gasteiger partial charge < -0.3 is 0 Å². The largest absolute Gasteiger partial charge is 0.175 e. The van der Waals surface area contributed by atoms with Gasteiger partial charge in [-0.15, -0.1) is 0 Å². The van der Waals surface area contributed by atoms with E-state index in [2.05, 4.69) is 39.8 Å². The van der Waals surface area contributed by atoms with Crippen molar-refractivity contribution in [3.8, 4) is 0 Å². The van der Waals surface area contributed by atoms with Crippen LogP contribution in [0.15, 0.2) is 12.2 Å². The van der Waals surface area contributed by atoms with E-state index in [0.717, 1.165) is 23.7 Å². The summed E-state index contributed by atoms with van der Waals surface area (Å²) in [7, 11) is 0. The zero-order chi connectivity index (χ0) is 11.7. The number of thiol groups is 1. The van der Waals surface area contributed by atoms with E-state index in [4.69, 9.17) is 12.6 Å². The molecular formula is C15H24S.